The Hall–Kier alpha value is -1.17. The predicted octanol–water partition coefficient (Wildman–Crippen LogP) is -2.85. The molecule has 0 aromatic carbocycles. The fourth-order valence-electron chi connectivity index (χ4n) is 0. The van der Waals surface area contributed by atoms with Crippen molar-refractivity contribution in [1.82, 2.24) is 0 Å². The predicted molar refractivity (Wildman–Crippen MR) is 62.1 cm³/mol. The van der Waals surface area contributed by atoms with Crippen LogP contribution < -0.4 is 15.3 Å². The number of hydrogen-bond donors (Lipinski definition) is 0. The molecule has 0 aliphatic heterocycles. The molecule has 0 aliphatic carbocycles. The second-order valence-corrected chi connectivity index (χ2v) is 3.12. The molecule has 19 heavy (non-hydrogen) atoms. The van der Waals surface area contributed by atoms with Gasteiger partial charge in [0.15, 0.2) is 0 Å². The van der Waals surface area contributed by atoms with Gasteiger partial charge in [-0.25, -0.2) is 0 Å². The second kappa shape index (κ2) is 14.9. The van der Waals surface area contributed by atoms with E-state index in [4.69, 9.17) is 17.2 Å². The van der Waals surface area contributed by atoms with Gasteiger partial charge in [-0.3, -0.25) is 0 Å². The zero-order valence-electron chi connectivity index (χ0n) is 10.7. The average molecular weight is 334 g/mol. The van der Waals surface area contributed by atoms with Gasteiger partial charge in [0.2, 0.25) is 0 Å². The van der Waals surface area contributed by atoms with Gasteiger partial charge in [-0.15, -0.1) is 18.1 Å². The third-order valence-corrected chi connectivity index (χ3v) is 1.06. The van der Waals surface area contributed by atoms with Crippen molar-refractivity contribution < 1.29 is 29.7 Å². The first kappa shape index (κ1) is 26.4. The Balaban J connectivity index is -0.0000000865. The largest absolute Gasteiger partial charge is 0.670 e. The summed E-state index contributed by atoms with van der Waals surface area (Å²) in [6, 6.07) is -3.28. The summed E-state index contributed by atoms with van der Waals surface area (Å²) < 4.78 is 0. The molecule has 0 saturated heterocycles. The molecule has 0 aromatic rings. The van der Waals surface area contributed by atoms with E-state index in [1.54, 1.807) is 0 Å². The van der Waals surface area contributed by atoms with Crippen LogP contribution in [0.4, 0.5) is 0 Å². The molecule has 0 spiro atoms. The Morgan fingerprint density at radius 1 is 0.684 bits per heavy atom. The van der Waals surface area contributed by atoms with Crippen molar-refractivity contribution in [3.63, 3.8) is 0 Å². The third-order valence-electron chi connectivity index (χ3n) is 1.06. The number of carbonyl (C=O) groups is 3. The molecule has 0 aromatic heterocycles. The van der Waals surface area contributed by atoms with E-state index in [0.29, 0.717) is 0 Å². The fourth-order valence-corrected chi connectivity index (χ4v) is 0. The topological polar surface area (TPSA) is 192 Å². The van der Waals surface area contributed by atoms with E-state index < -0.39 is 36.0 Å². The van der Waals surface area contributed by atoms with Crippen LogP contribution in [-0.2, 0) is 14.4 Å². The number of carbonyl (C=O) groups excluding carboxylic acids is 3. The van der Waals surface area contributed by atoms with E-state index >= 15 is 0 Å². The van der Waals surface area contributed by atoms with Crippen molar-refractivity contribution in [3.8, 4) is 0 Å². The number of hydrogen-bond acceptors (Lipinski definition) is 6. The van der Waals surface area contributed by atoms with Crippen LogP contribution in [0, 0.1) is 0 Å². The summed E-state index contributed by atoms with van der Waals surface area (Å²) in [5, 5.41) is 28.2. The van der Waals surface area contributed by atoms with Gasteiger partial charge in [0.25, 0.3) is 0 Å². The summed E-state index contributed by atoms with van der Waals surface area (Å²) in [5.74, 6) is -3.97. The number of rotatable bonds is 3. The van der Waals surface area contributed by atoms with Crippen LogP contribution >= 0.6 is 0 Å². The first-order valence-electron chi connectivity index (χ1n) is 4.69. The standard InChI is InChI=1S/3C3H6NO2.Ge/c3*1-2(4)3(5)6;/h3*2,4H,1H3,(H,5,6);/q3*-1;/p-3. The average Bonchev–Trinajstić information content (AvgIpc) is 2.18. The summed E-state index contributed by atoms with van der Waals surface area (Å²) in [4.78, 5) is 28.2. The van der Waals surface area contributed by atoms with Crippen molar-refractivity contribution in [2.24, 2.45) is 0 Å². The molecule has 0 aliphatic rings. The van der Waals surface area contributed by atoms with Gasteiger partial charge < -0.3 is 46.9 Å². The zero-order valence-corrected chi connectivity index (χ0v) is 12.8. The maximum absolute atomic E-state index is 9.40. The fraction of sp³-hybridized carbons (Fsp3) is 0.667. The van der Waals surface area contributed by atoms with E-state index in [9.17, 15) is 29.7 Å². The molecule has 4 radical (unpaired) electrons. The Bertz CT molecular complexity index is 228. The Morgan fingerprint density at radius 2 is 0.737 bits per heavy atom. The molecule has 112 valence electrons. The summed E-state index contributed by atoms with van der Waals surface area (Å²) in [5.41, 5.74) is 19.1. The maximum Gasteiger partial charge on any atom is 0.0235 e. The van der Waals surface area contributed by atoms with Crippen LogP contribution in [0.2, 0.25) is 0 Å². The van der Waals surface area contributed by atoms with E-state index in [-0.39, 0.29) is 17.6 Å². The third kappa shape index (κ3) is 31.6. The summed E-state index contributed by atoms with van der Waals surface area (Å²) in [6.45, 7) is 3.74. The van der Waals surface area contributed by atoms with E-state index in [1.165, 1.54) is 20.8 Å². The molecule has 0 heterocycles. The Labute approximate surface area is 122 Å². The maximum atomic E-state index is 9.40. The molecule has 3 N–H and O–H groups in total. The van der Waals surface area contributed by atoms with Crippen LogP contribution in [0.1, 0.15) is 20.8 Å². The van der Waals surface area contributed by atoms with Gasteiger partial charge in [-0.1, -0.05) is 20.8 Å². The molecular weight excluding hydrogens is 319 g/mol. The smallest absolute Gasteiger partial charge is 0.0235 e. The Kier molecular flexibility index (Phi) is 20.7. The van der Waals surface area contributed by atoms with Crippen molar-refractivity contribution in [2.45, 2.75) is 38.9 Å². The summed E-state index contributed by atoms with van der Waals surface area (Å²) in [6.07, 6.45) is 0. The van der Waals surface area contributed by atoms with E-state index in [1.807, 2.05) is 0 Å². The van der Waals surface area contributed by atoms with Gasteiger partial charge in [-0.2, -0.15) is 0 Å². The first-order chi connectivity index (χ1) is 7.93. The van der Waals surface area contributed by atoms with Crippen LogP contribution in [0.25, 0.3) is 17.2 Å². The number of aliphatic carboxylic acids is 3. The van der Waals surface area contributed by atoms with Crippen molar-refractivity contribution in [1.29, 1.82) is 0 Å². The van der Waals surface area contributed by atoms with Gasteiger partial charge in [0, 0.05) is 35.5 Å². The SMILES string of the molecule is CC([NH-])C(=O)[O-].CC([NH-])C(=O)[O-].CC([NH-])C(=O)[O-].[Ge]. The number of carboxylic acid groups (broad SMARTS) is 3. The molecule has 9 nitrogen and oxygen atoms in total. The monoisotopic (exact) mass is 335 g/mol. The van der Waals surface area contributed by atoms with Gasteiger partial charge in [0.1, 0.15) is 0 Å². The van der Waals surface area contributed by atoms with Crippen LogP contribution in [0.3, 0.4) is 0 Å². The molecule has 0 bridgehead atoms. The number of nitrogens with one attached hydrogen (secondary N) is 3. The number of carboxylic acids is 3. The quantitative estimate of drug-likeness (QED) is 0.498. The minimum Gasteiger partial charge on any atom is -0.670 e. The Morgan fingerprint density at radius 3 is 0.737 bits per heavy atom. The van der Waals surface area contributed by atoms with Crippen molar-refractivity contribution >= 4 is 35.5 Å². The minimum absolute atomic E-state index is 0. The van der Waals surface area contributed by atoms with Crippen LogP contribution in [-0.4, -0.2) is 53.6 Å². The van der Waals surface area contributed by atoms with E-state index in [0.717, 1.165) is 0 Å². The molecule has 0 fully saturated rings. The summed E-state index contributed by atoms with van der Waals surface area (Å²) in [7, 11) is 0. The molecule has 0 saturated carbocycles. The normalized spacial score (nSPS) is 12.9. The minimum atomic E-state index is -1.32. The first-order valence-corrected chi connectivity index (χ1v) is 4.69. The van der Waals surface area contributed by atoms with Crippen molar-refractivity contribution in [3.05, 3.63) is 17.2 Å². The second-order valence-electron chi connectivity index (χ2n) is 3.12. The van der Waals surface area contributed by atoms with Crippen LogP contribution in [0.5, 0.6) is 0 Å². The van der Waals surface area contributed by atoms with Crippen molar-refractivity contribution in [2.75, 3.05) is 0 Å². The van der Waals surface area contributed by atoms with Gasteiger partial charge in [-0.05, 0) is 0 Å². The molecule has 0 rings (SSSR count). The molecular formula is C9H15GeN3O6-6. The van der Waals surface area contributed by atoms with Crippen LogP contribution in [0.15, 0.2) is 0 Å². The zero-order chi connectivity index (χ0) is 15.5. The van der Waals surface area contributed by atoms with Gasteiger partial charge >= 0.3 is 0 Å². The molecule has 3 unspecified atom stereocenters. The van der Waals surface area contributed by atoms with Gasteiger partial charge in [0.05, 0.1) is 0 Å². The molecule has 10 heteroatoms. The molecule has 3 atom stereocenters. The van der Waals surface area contributed by atoms with E-state index in [2.05, 4.69) is 0 Å². The summed E-state index contributed by atoms with van der Waals surface area (Å²) >= 11 is 0. The molecule has 0 amide bonds.